The monoisotopic (exact) mass is 261 g/mol. The number of nitrogens with zero attached hydrogens (tertiary/aromatic N) is 2. The summed E-state index contributed by atoms with van der Waals surface area (Å²) in [7, 11) is 1.60. The van der Waals surface area contributed by atoms with Gasteiger partial charge in [-0.25, -0.2) is 9.97 Å². The van der Waals surface area contributed by atoms with Crippen LogP contribution in [0.25, 0.3) is 0 Å². The summed E-state index contributed by atoms with van der Waals surface area (Å²) in [5, 5.41) is 0.992. The molecule has 4 nitrogen and oxygen atoms in total. The van der Waals surface area contributed by atoms with Crippen LogP contribution in [-0.4, -0.2) is 17.1 Å². The molecule has 2 heterocycles. The molecule has 18 heavy (non-hydrogen) atoms. The molecule has 1 unspecified atom stereocenters. The summed E-state index contributed by atoms with van der Waals surface area (Å²) < 4.78 is 5.04. The van der Waals surface area contributed by atoms with Gasteiger partial charge < -0.3 is 10.5 Å². The molecule has 0 radical (unpaired) electrons. The van der Waals surface area contributed by atoms with Gasteiger partial charge in [-0.15, -0.1) is 11.3 Å². The Morgan fingerprint density at radius 1 is 1.39 bits per heavy atom. The lowest BCUT2D eigenvalue weighted by atomic mass is 10.1. The zero-order valence-corrected chi connectivity index (χ0v) is 11.0. The number of aryl methyl sites for hydroxylation is 2. The average molecular weight is 261 g/mol. The third-order valence-electron chi connectivity index (χ3n) is 3.21. The van der Waals surface area contributed by atoms with E-state index in [1.165, 1.54) is 17.0 Å². The second-order valence-corrected chi connectivity index (χ2v) is 5.50. The molecule has 2 N–H and O–H groups in total. The van der Waals surface area contributed by atoms with E-state index < -0.39 is 0 Å². The molecule has 1 atom stereocenters. The second-order valence-electron chi connectivity index (χ2n) is 4.39. The Bertz CT molecular complexity index is 528. The SMILES string of the molecule is COc1ccc(C(N)c2nc3c(s2)CCC3)cn1. The largest absolute Gasteiger partial charge is 0.481 e. The first-order valence-electron chi connectivity index (χ1n) is 6.02. The van der Waals surface area contributed by atoms with Crippen molar-refractivity contribution < 1.29 is 4.74 Å². The van der Waals surface area contributed by atoms with E-state index in [4.69, 9.17) is 10.5 Å². The molecule has 2 aromatic heterocycles. The molecule has 0 spiro atoms. The molecule has 0 saturated heterocycles. The van der Waals surface area contributed by atoms with Crippen molar-refractivity contribution in [2.45, 2.75) is 25.3 Å². The molecule has 0 aliphatic heterocycles. The normalized spacial score (nSPS) is 15.4. The van der Waals surface area contributed by atoms with E-state index in [1.54, 1.807) is 24.6 Å². The van der Waals surface area contributed by atoms with E-state index in [1.807, 2.05) is 12.1 Å². The van der Waals surface area contributed by atoms with Gasteiger partial charge >= 0.3 is 0 Å². The molecule has 1 aliphatic carbocycles. The van der Waals surface area contributed by atoms with E-state index in [0.717, 1.165) is 23.4 Å². The number of aromatic nitrogens is 2. The van der Waals surface area contributed by atoms with Gasteiger partial charge in [0.1, 0.15) is 5.01 Å². The van der Waals surface area contributed by atoms with Crippen LogP contribution < -0.4 is 10.5 Å². The Hall–Kier alpha value is -1.46. The van der Waals surface area contributed by atoms with Crippen molar-refractivity contribution in [3.8, 4) is 5.88 Å². The molecule has 0 fully saturated rings. The summed E-state index contributed by atoms with van der Waals surface area (Å²) in [4.78, 5) is 10.2. The van der Waals surface area contributed by atoms with Crippen molar-refractivity contribution in [2.75, 3.05) is 7.11 Å². The number of methoxy groups -OCH3 is 1. The first-order valence-corrected chi connectivity index (χ1v) is 6.83. The van der Waals surface area contributed by atoms with Gasteiger partial charge in [-0.2, -0.15) is 0 Å². The van der Waals surface area contributed by atoms with Crippen LogP contribution in [0.4, 0.5) is 0 Å². The molecule has 2 aromatic rings. The molecular weight excluding hydrogens is 246 g/mol. The van der Waals surface area contributed by atoms with Gasteiger partial charge in [0.25, 0.3) is 0 Å². The minimum atomic E-state index is -0.181. The summed E-state index contributed by atoms with van der Waals surface area (Å²) in [5.41, 5.74) is 8.45. The first-order chi connectivity index (χ1) is 8.78. The molecular formula is C13H15N3OS. The predicted molar refractivity (Wildman–Crippen MR) is 71.0 cm³/mol. The summed E-state index contributed by atoms with van der Waals surface area (Å²) in [6.45, 7) is 0. The lowest BCUT2D eigenvalue weighted by Gasteiger charge is -2.09. The van der Waals surface area contributed by atoms with Crippen LogP contribution in [0, 0.1) is 0 Å². The Morgan fingerprint density at radius 2 is 2.28 bits per heavy atom. The van der Waals surface area contributed by atoms with E-state index in [0.29, 0.717) is 5.88 Å². The van der Waals surface area contributed by atoms with E-state index >= 15 is 0 Å². The third-order valence-corrected chi connectivity index (χ3v) is 4.45. The number of pyridine rings is 1. The highest BCUT2D eigenvalue weighted by Crippen LogP contribution is 2.32. The number of nitrogens with two attached hydrogens (primary N) is 1. The van der Waals surface area contributed by atoms with Crippen LogP contribution in [-0.2, 0) is 12.8 Å². The highest BCUT2D eigenvalue weighted by atomic mass is 32.1. The van der Waals surface area contributed by atoms with Crippen LogP contribution >= 0.6 is 11.3 Å². The number of fused-ring (bicyclic) bond motifs is 1. The number of thiazole rings is 1. The Labute approximate surface area is 110 Å². The van der Waals surface area contributed by atoms with Gasteiger partial charge in [-0.05, 0) is 24.8 Å². The molecule has 0 bridgehead atoms. The molecule has 3 rings (SSSR count). The van der Waals surface area contributed by atoms with E-state index in [-0.39, 0.29) is 6.04 Å². The molecule has 0 saturated carbocycles. The number of ether oxygens (including phenoxy) is 1. The zero-order valence-electron chi connectivity index (χ0n) is 10.2. The van der Waals surface area contributed by atoms with Gasteiger partial charge in [0, 0.05) is 17.1 Å². The van der Waals surface area contributed by atoms with E-state index in [2.05, 4.69) is 9.97 Å². The fraction of sp³-hybridized carbons (Fsp3) is 0.385. The fourth-order valence-electron chi connectivity index (χ4n) is 2.18. The molecule has 0 amide bonds. The Balaban J connectivity index is 1.86. The maximum absolute atomic E-state index is 6.24. The maximum atomic E-state index is 6.24. The topological polar surface area (TPSA) is 61.0 Å². The van der Waals surface area contributed by atoms with Crippen molar-refractivity contribution >= 4 is 11.3 Å². The van der Waals surface area contributed by atoms with Gasteiger partial charge in [0.15, 0.2) is 0 Å². The average Bonchev–Trinajstić information content (AvgIpc) is 2.99. The molecule has 94 valence electrons. The van der Waals surface area contributed by atoms with Crippen molar-refractivity contribution in [3.05, 3.63) is 39.5 Å². The predicted octanol–water partition coefficient (Wildman–Crippen LogP) is 2.08. The quantitative estimate of drug-likeness (QED) is 0.919. The minimum absolute atomic E-state index is 0.181. The lowest BCUT2D eigenvalue weighted by Crippen LogP contribution is -2.12. The van der Waals surface area contributed by atoms with Crippen LogP contribution in [0.2, 0.25) is 0 Å². The second kappa shape index (κ2) is 4.66. The molecule has 1 aliphatic rings. The van der Waals surface area contributed by atoms with Gasteiger partial charge in [0.2, 0.25) is 5.88 Å². The van der Waals surface area contributed by atoms with Crippen LogP contribution in [0.1, 0.15) is 33.6 Å². The minimum Gasteiger partial charge on any atom is -0.481 e. The first kappa shape index (κ1) is 11.6. The standard InChI is InChI=1S/C13H15N3OS/c1-17-11-6-5-8(7-15-11)12(14)13-16-9-3-2-4-10(9)18-13/h5-7,12H,2-4,14H2,1H3. The van der Waals surface area contributed by atoms with E-state index in [9.17, 15) is 0 Å². The Kier molecular flexibility index (Phi) is 3.01. The van der Waals surface area contributed by atoms with Gasteiger partial charge in [-0.3, -0.25) is 0 Å². The van der Waals surface area contributed by atoms with Crippen molar-refractivity contribution in [3.63, 3.8) is 0 Å². The lowest BCUT2D eigenvalue weighted by molar-refractivity contribution is 0.397. The maximum Gasteiger partial charge on any atom is 0.212 e. The number of hydrogen-bond donors (Lipinski definition) is 1. The van der Waals surface area contributed by atoms with Crippen LogP contribution in [0.3, 0.4) is 0 Å². The van der Waals surface area contributed by atoms with Crippen LogP contribution in [0.15, 0.2) is 18.3 Å². The van der Waals surface area contributed by atoms with Crippen molar-refractivity contribution in [1.29, 1.82) is 0 Å². The van der Waals surface area contributed by atoms with Gasteiger partial charge in [0.05, 0.1) is 18.8 Å². The van der Waals surface area contributed by atoms with Gasteiger partial charge in [-0.1, -0.05) is 6.07 Å². The third kappa shape index (κ3) is 2.00. The summed E-state index contributed by atoms with van der Waals surface area (Å²) in [6, 6.07) is 3.60. The van der Waals surface area contributed by atoms with Crippen molar-refractivity contribution in [1.82, 2.24) is 9.97 Å². The summed E-state index contributed by atoms with van der Waals surface area (Å²) in [5.74, 6) is 0.604. The number of rotatable bonds is 3. The van der Waals surface area contributed by atoms with Crippen LogP contribution in [0.5, 0.6) is 5.88 Å². The smallest absolute Gasteiger partial charge is 0.212 e. The molecule has 0 aromatic carbocycles. The molecule has 5 heteroatoms. The fourth-order valence-corrected chi connectivity index (χ4v) is 3.37. The summed E-state index contributed by atoms with van der Waals surface area (Å²) in [6.07, 6.45) is 5.24. The number of hydrogen-bond acceptors (Lipinski definition) is 5. The Morgan fingerprint density at radius 3 is 2.94 bits per heavy atom. The highest BCUT2D eigenvalue weighted by molar-refractivity contribution is 7.11. The van der Waals surface area contributed by atoms with Crippen molar-refractivity contribution in [2.24, 2.45) is 5.73 Å². The highest BCUT2D eigenvalue weighted by Gasteiger charge is 2.20. The summed E-state index contributed by atoms with van der Waals surface area (Å²) >= 11 is 1.74. The zero-order chi connectivity index (χ0) is 12.5.